The standard InChI is InChI=1S/C16H17ClO3/c1-10(18)8-14(12-4-6-13(17)7-5-12)16(3)15(19)9-11(2)20-16/h4-7,9,14H,8H2,1-3H3/t14-,16-/m1/s1. The monoisotopic (exact) mass is 292 g/mol. The van der Waals surface area contributed by atoms with Crippen molar-refractivity contribution in [3.8, 4) is 0 Å². The molecule has 1 heterocycles. The summed E-state index contributed by atoms with van der Waals surface area (Å²) in [5.41, 5.74) is -0.146. The number of hydrogen-bond acceptors (Lipinski definition) is 3. The minimum atomic E-state index is -1.02. The molecule has 106 valence electrons. The van der Waals surface area contributed by atoms with E-state index in [1.807, 2.05) is 12.1 Å². The fourth-order valence-corrected chi connectivity index (χ4v) is 2.72. The van der Waals surface area contributed by atoms with E-state index in [0.29, 0.717) is 10.8 Å². The van der Waals surface area contributed by atoms with Crippen molar-refractivity contribution in [2.75, 3.05) is 0 Å². The average molecular weight is 293 g/mol. The molecular formula is C16H17ClO3. The molecule has 2 rings (SSSR count). The van der Waals surface area contributed by atoms with Crippen molar-refractivity contribution < 1.29 is 14.3 Å². The SMILES string of the molecule is CC(=O)C[C@H](c1ccc(Cl)cc1)[C@@]1(C)OC(C)=CC1=O. The molecule has 2 atom stereocenters. The zero-order valence-electron chi connectivity index (χ0n) is 11.8. The summed E-state index contributed by atoms with van der Waals surface area (Å²) in [5.74, 6) is 0.182. The number of Topliss-reactive ketones (excluding diaryl/α,β-unsaturated/α-hetero) is 1. The van der Waals surface area contributed by atoms with Gasteiger partial charge in [0.2, 0.25) is 5.78 Å². The highest BCUT2D eigenvalue weighted by atomic mass is 35.5. The van der Waals surface area contributed by atoms with Gasteiger partial charge in [-0.15, -0.1) is 0 Å². The molecule has 0 spiro atoms. The van der Waals surface area contributed by atoms with E-state index in [1.54, 1.807) is 26.0 Å². The highest BCUT2D eigenvalue weighted by Gasteiger charge is 2.47. The molecule has 0 aliphatic carbocycles. The molecule has 1 aliphatic rings. The van der Waals surface area contributed by atoms with Crippen LogP contribution in [0, 0.1) is 0 Å². The molecule has 0 fully saturated rings. The molecule has 4 heteroatoms. The van der Waals surface area contributed by atoms with Crippen LogP contribution in [0.15, 0.2) is 36.1 Å². The van der Waals surface area contributed by atoms with Gasteiger partial charge >= 0.3 is 0 Å². The van der Waals surface area contributed by atoms with Crippen molar-refractivity contribution in [1.82, 2.24) is 0 Å². The van der Waals surface area contributed by atoms with E-state index in [9.17, 15) is 9.59 Å². The van der Waals surface area contributed by atoms with Crippen LogP contribution in [0.2, 0.25) is 5.02 Å². The molecule has 0 bridgehead atoms. The molecule has 0 saturated carbocycles. The van der Waals surface area contributed by atoms with E-state index in [4.69, 9.17) is 16.3 Å². The maximum Gasteiger partial charge on any atom is 0.202 e. The second-order valence-electron chi connectivity index (χ2n) is 5.34. The van der Waals surface area contributed by atoms with E-state index in [-0.39, 0.29) is 23.9 Å². The van der Waals surface area contributed by atoms with Crippen LogP contribution in [0.3, 0.4) is 0 Å². The molecule has 0 radical (unpaired) electrons. The summed E-state index contributed by atoms with van der Waals surface area (Å²) in [7, 11) is 0. The maximum absolute atomic E-state index is 12.2. The number of carbonyl (C=O) groups is 2. The summed E-state index contributed by atoms with van der Waals surface area (Å²) >= 11 is 5.89. The molecular weight excluding hydrogens is 276 g/mol. The van der Waals surface area contributed by atoms with Crippen LogP contribution in [0.5, 0.6) is 0 Å². The quantitative estimate of drug-likeness (QED) is 0.850. The van der Waals surface area contributed by atoms with Crippen molar-refractivity contribution in [3.05, 3.63) is 46.7 Å². The third-order valence-electron chi connectivity index (χ3n) is 3.63. The lowest BCUT2D eigenvalue weighted by Crippen LogP contribution is -2.40. The van der Waals surface area contributed by atoms with Gasteiger partial charge in [-0.05, 0) is 38.5 Å². The van der Waals surface area contributed by atoms with Gasteiger partial charge in [-0.1, -0.05) is 23.7 Å². The average Bonchev–Trinajstić information content (AvgIpc) is 2.62. The van der Waals surface area contributed by atoms with E-state index < -0.39 is 5.60 Å². The first kappa shape index (κ1) is 14.8. The summed E-state index contributed by atoms with van der Waals surface area (Å²) in [6.07, 6.45) is 1.74. The van der Waals surface area contributed by atoms with E-state index in [1.165, 1.54) is 13.0 Å². The van der Waals surface area contributed by atoms with Crippen molar-refractivity contribution in [3.63, 3.8) is 0 Å². The van der Waals surface area contributed by atoms with Crippen LogP contribution in [0.4, 0.5) is 0 Å². The fourth-order valence-electron chi connectivity index (χ4n) is 2.60. The summed E-state index contributed by atoms with van der Waals surface area (Å²) in [6, 6.07) is 7.19. The number of allylic oxidation sites excluding steroid dienone is 1. The van der Waals surface area contributed by atoms with E-state index in [2.05, 4.69) is 0 Å². The van der Waals surface area contributed by atoms with E-state index >= 15 is 0 Å². The van der Waals surface area contributed by atoms with Gasteiger partial charge < -0.3 is 9.53 Å². The van der Waals surface area contributed by atoms with Gasteiger partial charge in [0.05, 0.1) is 5.76 Å². The summed E-state index contributed by atoms with van der Waals surface area (Å²) < 4.78 is 5.74. The molecule has 0 aromatic heterocycles. The van der Waals surface area contributed by atoms with Gasteiger partial charge in [0.15, 0.2) is 5.60 Å². The topological polar surface area (TPSA) is 43.4 Å². The molecule has 0 unspecified atom stereocenters. The summed E-state index contributed by atoms with van der Waals surface area (Å²) in [6.45, 7) is 5.01. The zero-order valence-corrected chi connectivity index (χ0v) is 12.5. The van der Waals surface area contributed by atoms with Crippen molar-refractivity contribution in [2.45, 2.75) is 38.7 Å². The lowest BCUT2D eigenvalue weighted by atomic mass is 9.78. The third kappa shape index (κ3) is 2.78. The van der Waals surface area contributed by atoms with Crippen molar-refractivity contribution >= 4 is 23.2 Å². The Morgan fingerprint density at radius 2 is 1.95 bits per heavy atom. The number of ether oxygens (including phenoxy) is 1. The number of ketones is 2. The Kier molecular flexibility index (Phi) is 4.00. The number of hydrogen-bond donors (Lipinski definition) is 0. The molecule has 1 aromatic carbocycles. The van der Waals surface area contributed by atoms with Crippen LogP contribution in [0.25, 0.3) is 0 Å². The fraction of sp³-hybridized carbons (Fsp3) is 0.375. The highest BCUT2D eigenvalue weighted by molar-refractivity contribution is 6.30. The molecule has 0 saturated heterocycles. The number of halogens is 1. The second-order valence-corrected chi connectivity index (χ2v) is 5.78. The first-order chi connectivity index (χ1) is 9.33. The number of rotatable bonds is 4. The number of benzene rings is 1. The lowest BCUT2D eigenvalue weighted by molar-refractivity contribution is -0.132. The Labute approximate surface area is 123 Å². The van der Waals surface area contributed by atoms with E-state index in [0.717, 1.165) is 5.56 Å². The van der Waals surface area contributed by atoms with Gasteiger partial charge in [0, 0.05) is 23.4 Å². The third-order valence-corrected chi connectivity index (χ3v) is 3.88. The molecule has 3 nitrogen and oxygen atoms in total. The van der Waals surface area contributed by atoms with Gasteiger partial charge in [0.25, 0.3) is 0 Å². The largest absolute Gasteiger partial charge is 0.483 e. The summed E-state index contributed by atoms with van der Waals surface area (Å²) in [5, 5.41) is 0.619. The molecule has 1 aliphatic heterocycles. The van der Waals surface area contributed by atoms with Crippen molar-refractivity contribution in [2.24, 2.45) is 0 Å². The molecule has 0 amide bonds. The Hall–Kier alpha value is -1.61. The Morgan fingerprint density at radius 3 is 2.40 bits per heavy atom. The van der Waals surface area contributed by atoms with Gasteiger partial charge in [-0.25, -0.2) is 0 Å². The smallest absolute Gasteiger partial charge is 0.202 e. The first-order valence-corrected chi connectivity index (χ1v) is 6.87. The Balaban J connectivity index is 2.41. The van der Waals surface area contributed by atoms with Crippen LogP contribution in [-0.2, 0) is 14.3 Å². The van der Waals surface area contributed by atoms with Crippen LogP contribution in [0.1, 0.15) is 38.7 Å². The molecule has 1 aromatic rings. The predicted molar refractivity (Wildman–Crippen MR) is 77.7 cm³/mol. The first-order valence-electron chi connectivity index (χ1n) is 6.49. The van der Waals surface area contributed by atoms with Crippen LogP contribution >= 0.6 is 11.6 Å². The molecule has 20 heavy (non-hydrogen) atoms. The van der Waals surface area contributed by atoms with Gasteiger partial charge in [-0.3, -0.25) is 4.79 Å². The normalized spacial score (nSPS) is 23.2. The van der Waals surface area contributed by atoms with Crippen LogP contribution < -0.4 is 0 Å². The minimum absolute atomic E-state index is 0.0205. The second kappa shape index (κ2) is 5.41. The zero-order chi connectivity index (χ0) is 14.9. The van der Waals surface area contributed by atoms with Gasteiger partial charge in [0.1, 0.15) is 5.78 Å². The summed E-state index contributed by atoms with van der Waals surface area (Å²) in [4.78, 5) is 23.8. The predicted octanol–water partition coefficient (Wildman–Crippen LogP) is 3.66. The van der Waals surface area contributed by atoms with Gasteiger partial charge in [-0.2, -0.15) is 0 Å². The maximum atomic E-state index is 12.2. The highest BCUT2D eigenvalue weighted by Crippen LogP contribution is 2.40. The van der Waals surface area contributed by atoms with Crippen molar-refractivity contribution in [1.29, 1.82) is 0 Å². The number of carbonyl (C=O) groups excluding carboxylic acids is 2. The Bertz CT molecular complexity index is 574. The van der Waals surface area contributed by atoms with Crippen LogP contribution in [-0.4, -0.2) is 17.2 Å². The molecule has 0 N–H and O–H groups in total. The Morgan fingerprint density at radius 1 is 1.35 bits per heavy atom. The minimum Gasteiger partial charge on any atom is -0.483 e. The lowest BCUT2D eigenvalue weighted by Gasteiger charge is -2.32.